The molecule has 1 saturated heterocycles. The SMILES string of the molecule is O=C1CCCCCC1N1CCC[C@@H]1CO. The van der Waals surface area contributed by atoms with E-state index in [4.69, 9.17) is 0 Å². The number of hydrogen-bond acceptors (Lipinski definition) is 3. The number of carbonyl (C=O) groups excluding carboxylic acids is 1. The Hall–Kier alpha value is -0.410. The lowest BCUT2D eigenvalue weighted by Crippen LogP contribution is -2.45. The zero-order valence-electron chi connectivity index (χ0n) is 9.32. The van der Waals surface area contributed by atoms with Gasteiger partial charge in [-0.05, 0) is 32.2 Å². The first-order chi connectivity index (χ1) is 7.33. The number of likely N-dealkylation sites (tertiary alicyclic amines) is 1. The Balaban J connectivity index is 2.03. The molecule has 15 heavy (non-hydrogen) atoms. The molecular weight excluding hydrogens is 190 g/mol. The topological polar surface area (TPSA) is 40.5 Å². The van der Waals surface area contributed by atoms with E-state index in [1.54, 1.807) is 0 Å². The Kier molecular flexibility index (Phi) is 3.76. The van der Waals surface area contributed by atoms with Crippen LogP contribution in [0.15, 0.2) is 0 Å². The van der Waals surface area contributed by atoms with Gasteiger partial charge in [-0.25, -0.2) is 0 Å². The number of Topliss-reactive ketones (excluding diaryl/α,β-unsaturated/α-hetero) is 1. The van der Waals surface area contributed by atoms with Crippen molar-refractivity contribution in [2.24, 2.45) is 0 Å². The molecule has 1 N–H and O–H groups in total. The summed E-state index contributed by atoms with van der Waals surface area (Å²) in [5, 5.41) is 9.27. The summed E-state index contributed by atoms with van der Waals surface area (Å²) in [6.45, 7) is 1.21. The first kappa shape index (κ1) is 11.1. The number of carbonyl (C=O) groups is 1. The molecule has 1 unspecified atom stereocenters. The first-order valence-electron chi connectivity index (χ1n) is 6.22. The smallest absolute Gasteiger partial charge is 0.149 e. The van der Waals surface area contributed by atoms with Crippen molar-refractivity contribution in [3.8, 4) is 0 Å². The van der Waals surface area contributed by atoms with Gasteiger partial charge in [-0.15, -0.1) is 0 Å². The fraction of sp³-hybridized carbons (Fsp3) is 0.917. The van der Waals surface area contributed by atoms with Gasteiger partial charge in [0.1, 0.15) is 5.78 Å². The molecule has 0 spiro atoms. The second-order valence-electron chi connectivity index (χ2n) is 4.80. The first-order valence-corrected chi connectivity index (χ1v) is 6.22. The van der Waals surface area contributed by atoms with Crippen molar-refractivity contribution in [3.63, 3.8) is 0 Å². The minimum atomic E-state index is 0.118. The maximum Gasteiger partial charge on any atom is 0.149 e. The summed E-state index contributed by atoms with van der Waals surface area (Å²) in [6.07, 6.45) is 7.38. The van der Waals surface area contributed by atoms with Crippen LogP contribution in [0.5, 0.6) is 0 Å². The van der Waals surface area contributed by atoms with E-state index in [9.17, 15) is 9.90 Å². The monoisotopic (exact) mass is 211 g/mol. The second kappa shape index (κ2) is 5.08. The van der Waals surface area contributed by atoms with E-state index in [0.29, 0.717) is 5.78 Å². The van der Waals surface area contributed by atoms with Crippen molar-refractivity contribution in [2.45, 2.75) is 57.0 Å². The van der Waals surface area contributed by atoms with E-state index in [0.717, 1.165) is 38.6 Å². The van der Waals surface area contributed by atoms with Crippen molar-refractivity contribution in [1.82, 2.24) is 4.90 Å². The molecule has 2 fully saturated rings. The molecule has 1 aliphatic carbocycles. The van der Waals surface area contributed by atoms with E-state index < -0.39 is 0 Å². The van der Waals surface area contributed by atoms with Crippen LogP contribution in [0.25, 0.3) is 0 Å². The fourth-order valence-corrected chi connectivity index (χ4v) is 2.96. The van der Waals surface area contributed by atoms with Crippen LogP contribution in [0.1, 0.15) is 44.9 Å². The Labute approximate surface area is 91.5 Å². The summed E-state index contributed by atoms with van der Waals surface area (Å²) < 4.78 is 0. The molecule has 0 aromatic carbocycles. The third-order valence-corrected chi connectivity index (χ3v) is 3.81. The molecular formula is C12H21NO2. The minimum absolute atomic E-state index is 0.118. The standard InChI is InChI=1S/C12H21NO2/c14-9-10-5-4-8-13(10)11-6-2-1-3-7-12(11)15/h10-11,14H,1-9H2/t10-,11?/m1/s1. The molecule has 2 rings (SSSR count). The summed E-state index contributed by atoms with van der Waals surface area (Å²) in [7, 11) is 0. The van der Waals surface area contributed by atoms with Crippen LogP contribution in [0.3, 0.4) is 0 Å². The maximum atomic E-state index is 11.9. The predicted octanol–water partition coefficient (Wildman–Crippen LogP) is 1.34. The lowest BCUT2D eigenvalue weighted by molar-refractivity contribution is -0.124. The van der Waals surface area contributed by atoms with Crippen LogP contribution >= 0.6 is 0 Å². The number of hydrogen-bond donors (Lipinski definition) is 1. The second-order valence-corrected chi connectivity index (χ2v) is 4.80. The number of rotatable bonds is 2. The lowest BCUT2D eigenvalue weighted by atomic mass is 10.0. The van der Waals surface area contributed by atoms with Gasteiger partial charge >= 0.3 is 0 Å². The molecule has 1 heterocycles. The average molecular weight is 211 g/mol. The number of ketones is 1. The van der Waals surface area contributed by atoms with Gasteiger partial charge in [-0.3, -0.25) is 9.69 Å². The largest absolute Gasteiger partial charge is 0.395 e. The maximum absolute atomic E-state index is 11.9. The summed E-state index contributed by atoms with van der Waals surface area (Å²) in [6, 6.07) is 0.365. The van der Waals surface area contributed by atoms with Crippen LogP contribution < -0.4 is 0 Å². The van der Waals surface area contributed by atoms with Gasteiger partial charge in [-0.1, -0.05) is 12.8 Å². The zero-order valence-corrected chi connectivity index (χ0v) is 9.32. The fourth-order valence-electron chi connectivity index (χ4n) is 2.96. The lowest BCUT2D eigenvalue weighted by Gasteiger charge is -2.30. The van der Waals surface area contributed by atoms with Gasteiger partial charge in [0.05, 0.1) is 12.6 Å². The molecule has 0 aromatic rings. The van der Waals surface area contributed by atoms with E-state index in [1.165, 1.54) is 12.8 Å². The Bertz CT molecular complexity index is 230. The number of aliphatic hydroxyl groups is 1. The highest BCUT2D eigenvalue weighted by Crippen LogP contribution is 2.26. The van der Waals surface area contributed by atoms with Gasteiger partial charge in [0.2, 0.25) is 0 Å². The van der Waals surface area contributed by atoms with Crippen LogP contribution in [-0.4, -0.2) is 41.0 Å². The average Bonchev–Trinajstić information content (AvgIpc) is 2.61. The zero-order chi connectivity index (χ0) is 10.7. The van der Waals surface area contributed by atoms with Gasteiger partial charge in [-0.2, -0.15) is 0 Å². The summed E-state index contributed by atoms with van der Waals surface area (Å²) >= 11 is 0. The molecule has 1 saturated carbocycles. The third kappa shape index (κ3) is 2.40. The van der Waals surface area contributed by atoms with E-state index in [2.05, 4.69) is 4.90 Å². The highest BCUT2D eigenvalue weighted by Gasteiger charge is 2.34. The van der Waals surface area contributed by atoms with Crippen molar-refractivity contribution < 1.29 is 9.90 Å². The van der Waals surface area contributed by atoms with Crippen LogP contribution in [0, 0.1) is 0 Å². The Morgan fingerprint density at radius 1 is 1.20 bits per heavy atom. The molecule has 0 amide bonds. The summed E-state index contributed by atoms with van der Waals surface area (Å²) in [4.78, 5) is 14.2. The molecule has 3 heteroatoms. The van der Waals surface area contributed by atoms with Gasteiger partial charge < -0.3 is 5.11 Å². The van der Waals surface area contributed by atoms with Gasteiger partial charge in [0.15, 0.2) is 0 Å². The van der Waals surface area contributed by atoms with Crippen LogP contribution in [0.2, 0.25) is 0 Å². The highest BCUT2D eigenvalue weighted by molar-refractivity contribution is 5.84. The van der Waals surface area contributed by atoms with Crippen molar-refractivity contribution in [3.05, 3.63) is 0 Å². The van der Waals surface area contributed by atoms with Crippen LogP contribution in [0.4, 0.5) is 0 Å². The van der Waals surface area contributed by atoms with Crippen molar-refractivity contribution >= 4 is 5.78 Å². The minimum Gasteiger partial charge on any atom is -0.395 e. The van der Waals surface area contributed by atoms with Gasteiger partial charge in [0, 0.05) is 12.5 Å². The Morgan fingerprint density at radius 2 is 2.07 bits per heavy atom. The molecule has 86 valence electrons. The molecule has 0 aromatic heterocycles. The van der Waals surface area contributed by atoms with E-state index >= 15 is 0 Å². The van der Waals surface area contributed by atoms with E-state index in [-0.39, 0.29) is 18.7 Å². The predicted molar refractivity (Wildman–Crippen MR) is 58.7 cm³/mol. The van der Waals surface area contributed by atoms with Crippen LogP contribution in [-0.2, 0) is 4.79 Å². The molecule has 0 bridgehead atoms. The Morgan fingerprint density at radius 3 is 2.87 bits per heavy atom. The normalized spacial score (nSPS) is 34.3. The molecule has 2 atom stereocenters. The van der Waals surface area contributed by atoms with E-state index in [1.807, 2.05) is 0 Å². The molecule has 0 radical (unpaired) electrons. The molecule has 2 aliphatic rings. The summed E-state index contributed by atoms with van der Waals surface area (Å²) in [5.41, 5.74) is 0. The summed E-state index contributed by atoms with van der Waals surface area (Å²) in [5.74, 6) is 0.410. The molecule has 3 nitrogen and oxygen atoms in total. The quantitative estimate of drug-likeness (QED) is 0.701. The van der Waals surface area contributed by atoms with Gasteiger partial charge in [0.25, 0.3) is 0 Å². The third-order valence-electron chi connectivity index (χ3n) is 3.81. The number of aliphatic hydroxyl groups excluding tert-OH is 1. The van der Waals surface area contributed by atoms with Crippen molar-refractivity contribution in [1.29, 1.82) is 0 Å². The van der Waals surface area contributed by atoms with Crippen molar-refractivity contribution in [2.75, 3.05) is 13.2 Å². The molecule has 1 aliphatic heterocycles. The highest BCUT2D eigenvalue weighted by atomic mass is 16.3. The number of nitrogens with zero attached hydrogens (tertiary/aromatic N) is 1.